The number of hydrogen-bond acceptors (Lipinski definition) is 5. The number of rotatable bonds is 12. The van der Waals surface area contributed by atoms with Crippen LogP contribution in [0.15, 0.2) is 24.3 Å². The highest BCUT2D eigenvalue weighted by Gasteiger charge is 1.96. The molecule has 1 aromatic rings. The molecule has 0 aliphatic rings. The van der Waals surface area contributed by atoms with Crippen LogP contribution >= 0.6 is 0 Å². The molecule has 5 nitrogen and oxygen atoms in total. The second-order valence-electron chi connectivity index (χ2n) is 4.18. The van der Waals surface area contributed by atoms with Crippen LogP contribution in [0.2, 0.25) is 0 Å². The third-order valence-corrected chi connectivity index (χ3v) is 2.62. The van der Waals surface area contributed by atoms with Crippen molar-refractivity contribution in [3.05, 3.63) is 29.8 Å². The highest BCUT2D eigenvalue weighted by Crippen LogP contribution is 2.12. The summed E-state index contributed by atoms with van der Waals surface area (Å²) in [6.45, 7) is 3.54. The van der Waals surface area contributed by atoms with Crippen LogP contribution in [0.3, 0.4) is 0 Å². The fourth-order valence-electron chi connectivity index (χ4n) is 1.56. The van der Waals surface area contributed by atoms with Crippen molar-refractivity contribution in [2.45, 2.75) is 6.42 Å². The Morgan fingerprint density at radius 3 is 2.05 bits per heavy atom. The molecule has 5 heteroatoms. The van der Waals surface area contributed by atoms with E-state index in [1.807, 2.05) is 24.3 Å². The van der Waals surface area contributed by atoms with Crippen LogP contribution in [0, 0.1) is 0 Å². The van der Waals surface area contributed by atoms with E-state index in [0.29, 0.717) is 46.1 Å². The Morgan fingerprint density at radius 2 is 1.45 bits per heavy atom. The van der Waals surface area contributed by atoms with E-state index in [0.717, 1.165) is 11.3 Å². The van der Waals surface area contributed by atoms with Gasteiger partial charge in [0.15, 0.2) is 0 Å². The molecular formula is C15H24O5. The molecule has 114 valence electrons. The summed E-state index contributed by atoms with van der Waals surface area (Å²) in [5, 5.41) is 8.82. The zero-order chi connectivity index (χ0) is 14.5. The minimum absolute atomic E-state index is 0.167. The van der Waals surface area contributed by atoms with Gasteiger partial charge in [0.1, 0.15) is 12.4 Å². The molecule has 0 spiro atoms. The maximum absolute atomic E-state index is 8.82. The zero-order valence-corrected chi connectivity index (χ0v) is 12.0. The Hall–Kier alpha value is -1.14. The van der Waals surface area contributed by atoms with Gasteiger partial charge in [0.25, 0.3) is 0 Å². The standard InChI is InChI=1S/C15H24O5/c1-17-8-9-18-10-11-19-12-13-20-15-4-2-14(3-5-15)6-7-16/h2-5,16H,6-13H2,1H3. The highest BCUT2D eigenvalue weighted by molar-refractivity contribution is 5.27. The van der Waals surface area contributed by atoms with E-state index in [1.54, 1.807) is 7.11 Å². The van der Waals surface area contributed by atoms with Crippen molar-refractivity contribution in [2.24, 2.45) is 0 Å². The van der Waals surface area contributed by atoms with Gasteiger partial charge in [-0.2, -0.15) is 0 Å². The molecule has 0 radical (unpaired) electrons. The van der Waals surface area contributed by atoms with E-state index < -0.39 is 0 Å². The van der Waals surface area contributed by atoms with Gasteiger partial charge in [-0.1, -0.05) is 12.1 Å². The fourth-order valence-corrected chi connectivity index (χ4v) is 1.56. The second kappa shape index (κ2) is 11.7. The Balaban J connectivity index is 1.98. The van der Waals surface area contributed by atoms with Crippen LogP contribution in [0.1, 0.15) is 5.56 Å². The normalized spacial score (nSPS) is 10.7. The summed E-state index contributed by atoms with van der Waals surface area (Å²) in [6.07, 6.45) is 0.673. The van der Waals surface area contributed by atoms with Crippen molar-refractivity contribution >= 4 is 0 Å². The second-order valence-corrected chi connectivity index (χ2v) is 4.18. The first kappa shape index (κ1) is 16.9. The van der Waals surface area contributed by atoms with E-state index in [1.165, 1.54) is 0 Å². The van der Waals surface area contributed by atoms with Gasteiger partial charge in [-0.15, -0.1) is 0 Å². The molecular weight excluding hydrogens is 260 g/mol. The van der Waals surface area contributed by atoms with Crippen molar-refractivity contribution in [3.8, 4) is 5.75 Å². The molecule has 0 bridgehead atoms. The fraction of sp³-hybridized carbons (Fsp3) is 0.600. The quantitative estimate of drug-likeness (QED) is 0.586. The minimum atomic E-state index is 0.167. The van der Waals surface area contributed by atoms with Gasteiger partial charge >= 0.3 is 0 Å². The molecule has 20 heavy (non-hydrogen) atoms. The van der Waals surface area contributed by atoms with Gasteiger partial charge in [0.05, 0.1) is 33.0 Å². The first-order valence-electron chi connectivity index (χ1n) is 6.84. The predicted molar refractivity (Wildman–Crippen MR) is 76.2 cm³/mol. The molecule has 0 atom stereocenters. The van der Waals surface area contributed by atoms with Crippen molar-refractivity contribution < 1.29 is 24.1 Å². The molecule has 0 aliphatic heterocycles. The van der Waals surface area contributed by atoms with Gasteiger partial charge in [-0.05, 0) is 24.1 Å². The zero-order valence-electron chi connectivity index (χ0n) is 12.0. The first-order valence-corrected chi connectivity index (χ1v) is 6.84. The molecule has 0 aliphatic carbocycles. The molecule has 1 N–H and O–H groups in total. The summed E-state index contributed by atoms with van der Waals surface area (Å²) in [5.41, 5.74) is 1.10. The van der Waals surface area contributed by atoms with Gasteiger partial charge in [-0.3, -0.25) is 0 Å². The van der Waals surface area contributed by atoms with Gasteiger partial charge in [0, 0.05) is 13.7 Å². The van der Waals surface area contributed by atoms with Gasteiger partial charge in [-0.25, -0.2) is 0 Å². The lowest BCUT2D eigenvalue weighted by Crippen LogP contribution is -2.12. The number of ether oxygens (including phenoxy) is 4. The van der Waals surface area contributed by atoms with Gasteiger partial charge in [0.2, 0.25) is 0 Å². The number of hydrogen-bond donors (Lipinski definition) is 1. The van der Waals surface area contributed by atoms with Crippen LogP contribution in [0.5, 0.6) is 5.75 Å². The van der Waals surface area contributed by atoms with Crippen LogP contribution in [0.25, 0.3) is 0 Å². The Morgan fingerprint density at radius 1 is 0.850 bits per heavy atom. The summed E-state index contributed by atoms with van der Waals surface area (Å²) in [6, 6.07) is 7.71. The van der Waals surface area contributed by atoms with Crippen molar-refractivity contribution in [2.75, 3.05) is 53.4 Å². The van der Waals surface area contributed by atoms with E-state index in [9.17, 15) is 0 Å². The summed E-state index contributed by atoms with van der Waals surface area (Å²) in [4.78, 5) is 0. The summed E-state index contributed by atoms with van der Waals surface area (Å²) >= 11 is 0. The van der Waals surface area contributed by atoms with E-state index in [2.05, 4.69) is 0 Å². The maximum atomic E-state index is 8.82. The van der Waals surface area contributed by atoms with Crippen LogP contribution < -0.4 is 4.74 Å². The molecule has 0 saturated heterocycles. The average molecular weight is 284 g/mol. The lowest BCUT2D eigenvalue weighted by atomic mass is 10.1. The third kappa shape index (κ3) is 8.12. The molecule has 1 rings (SSSR count). The Labute approximate surface area is 120 Å². The number of aliphatic hydroxyl groups is 1. The van der Waals surface area contributed by atoms with E-state index in [4.69, 9.17) is 24.1 Å². The minimum Gasteiger partial charge on any atom is -0.491 e. The molecule has 0 unspecified atom stereocenters. The largest absolute Gasteiger partial charge is 0.491 e. The van der Waals surface area contributed by atoms with E-state index >= 15 is 0 Å². The van der Waals surface area contributed by atoms with Gasteiger partial charge < -0.3 is 24.1 Å². The van der Waals surface area contributed by atoms with Crippen LogP contribution in [-0.4, -0.2) is 58.5 Å². The molecule has 0 amide bonds. The summed E-state index contributed by atoms with van der Waals surface area (Å²) in [7, 11) is 1.65. The SMILES string of the molecule is COCCOCCOCCOc1ccc(CCO)cc1. The smallest absolute Gasteiger partial charge is 0.119 e. The third-order valence-electron chi connectivity index (χ3n) is 2.62. The number of aliphatic hydroxyl groups excluding tert-OH is 1. The molecule has 0 saturated carbocycles. The average Bonchev–Trinajstić information content (AvgIpc) is 2.47. The molecule has 0 aromatic heterocycles. The number of methoxy groups -OCH3 is 1. The van der Waals surface area contributed by atoms with Crippen molar-refractivity contribution in [1.82, 2.24) is 0 Å². The lowest BCUT2D eigenvalue weighted by Gasteiger charge is -2.08. The van der Waals surface area contributed by atoms with Crippen molar-refractivity contribution in [3.63, 3.8) is 0 Å². The van der Waals surface area contributed by atoms with Crippen LogP contribution in [0.4, 0.5) is 0 Å². The molecule has 0 fully saturated rings. The summed E-state index contributed by atoms with van der Waals surface area (Å²) < 4.78 is 21.0. The van der Waals surface area contributed by atoms with E-state index in [-0.39, 0.29) is 6.61 Å². The topological polar surface area (TPSA) is 57.2 Å². The monoisotopic (exact) mass is 284 g/mol. The van der Waals surface area contributed by atoms with Crippen molar-refractivity contribution in [1.29, 1.82) is 0 Å². The Kier molecular flexibility index (Phi) is 9.87. The summed E-state index contributed by atoms with van der Waals surface area (Å²) in [5.74, 6) is 0.812. The Bertz CT molecular complexity index is 326. The number of benzene rings is 1. The van der Waals surface area contributed by atoms with Crippen LogP contribution in [-0.2, 0) is 20.6 Å². The predicted octanol–water partition coefficient (Wildman–Crippen LogP) is 1.28. The lowest BCUT2D eigenvalue weighted by molar-refractivity contribution is 0.0180. The molecule has 1 aromatic carbocycles. The first-order chi connectivity index (χ1) is 9.86. The molecule has 0 heterocycles. The maximum Gasteiger partial charge on any atom is 0.119 e. The highest BCUT2D eigenvalue weighted by atomic mass is 16.6.